The highest BCUT2D eigenvalue weighted by Gasteiger charge is 2.36. The smallest absolute Gasteiger partial charge is 0.156 e. The van der Waals surface area contributed by atoms with Crippen LogP contribution in [-0.4, -0.2) is 47.2 Å². The van der Waals surface area contributed by atoms with Crippen molar-refractivity contribution < 1.29 is 5.21 Å². The second-order valence-corrected chi connectivity index (χ2v) is 5.72. The normalized spacial score (nSPS) is 35.4. The molecule has 0 spiro atoms. The number of nitrogens with two attached hydrogens (primary N) is 1. The lowest BCUT2D eigenvalue weighted by atomic mass is 9.82. The van der Waals surface area contributed by atoms with Crippen molar-refractivity contribution >= 4 is 5.84 Å². The van der Waals surface area contributed by atoms with Gasteiger partial charge in [-0.1, -0.05) is 18.5 Å². The Morgan fingerprint density at radius 2 is 2.06 bits per heavy atom. The monoisotopic (exact) mass is 254 g/mol. The minimum absolute atomic E-state index is 0.00383. The molecule has 0 aromatic heterocycles. The van der Waals surface area contributed by atoms with Gasteiger partial charge in [-0.05, 0) is 39.2 Å². The molecular weight excluding hydrogens is 228 g/mol. The van der Waals surface area contributed by atoms with Gasteiger partial charge in [0, 0.05) is 18.1 Å². The Kier molecular flexibility index (Phi) is 4.45. The third-order valence-electron chi connectivity index (χ3n) is 4.66. The number of fused-ring (bicyclic) bond motifs is 2. The second-order valence-electron chi connectivity index (χ2n) is 5.72. The number of amidine groups is 1. The first-order valence-corrected chi connectivity index (χ1v) is 7.11. The van der Waals surface area contributed by atoms with Crippen LogP contribution in [0.1, 0.15) is 45.4 Å². The third-order valence-corrected chi connectivity index (χ3v) is 4.66. The van der Waals surface area contributed by atoms with Crippen molar-refractivity contribution in [3.8, 4) is 0 Å². The minimum Gasteiger partial charge on any atom is -0.409 e. The van der Waals surface area contributed by atoms with Crippen LogP contribution in [0, 0.1) is 0 Å². The van der Waals surface area contributed by atoms with Crippen LogP contribution in [0.25, 0.3) is 0 Å². The Hall–Kier alpha value is -0.810. The molecule has 104 valence electrons. The van der Waals surface area contributed by atoms with Crippen molar-refractivity contribution in [2.75, 3.05) is 7.05 Å². The van der Waals surface area contributed by atoms with Crippen molar-refractivity contribution in [3.63, 3.8) is 0 Å². The second kappa shape index (κ2) is 5.89. The van der Waals surface area contributed by atoms with E-state index in [2.05, 4.69) is 29.3 Å². The molecule has 2 aliphatic heterocycles. The van der Waals surface area contributed by atoms with Crippen molar-refractivity contribution in [1.82, 2.24) is 10.2 Å². The number of rotatable bonds is 4. The molecule has 2 fully saturated rings. The molecule has 4 N–H and O–H groups in total. The average Bonchev–Trinajstić information content (AvgIpc) is 2.36. The van der Waals surface area contributed by atoms with Gasteiger partial charge in [0.2, 0.25) is 0 Å². The maximum Gasteiger partial charge on any atom is 0.156 e. The lowest BCUT2D eigenvalue weighted by Crippen LogP contribution is -2.57. The summed E-state index contributed by atoms with van der Waals surface area (Å²) in [5.74, 6) is 0.307. The zero-order valence-corrected chi connectivity index (χ0v) is 11.5. The van der Waals surface area contributed by atoms with E-state index in [0.717, 1.165) is 6.42 Å². The highest BCUT2D eigenvalue weighted by Crippen LogP contribution is 2.32. The molecule has 2 bridgehead atoms. The van der Waals surface area contributed by atoms with Crippen LogP contribution >= 0.6 is 0 Å². The molecule has 2 heterocycles. The van der Waals surface area contributed by atoms with Crippen LogP contribution in [0.4, 0.5) is 0 Å². The van der Waals surface area contributed by atoms with Crippen molar-refractivity contribution in [2.45, 2.75) is 69.6 Å². The molecule has 0 saturated carbocycles. The first-order valence-electron chi connectivity index (χ1n) is 7.11. The molecule has 3 atom stereocenters. The van der Waals surface area contributed by atoms with E-state index in [1.54, 1.807) is 0 Å². The fourth-order valence-electron chi connectivity index (χ4n) is 3.52. The molecule has 18 heavy (non-hydrogen) atoms. The summed E-state index contributed by atoms with van der Waals surface area (Å²) in [6.45, 7) is 2.06. The summed E-state index contributed by atoms with van der Waals surface area (Å²) in [6, 6.07) is 1.92. The van der Waals surface area contributed by atoms with E-state index >= 15 is 0 Å². The molecule has 0 radical (unpaired) electrons. The SMILES string of the molecule is CCC(NC1CC2CCCC(C1)N2C)C(N)=NO. The third kappa shape index (κ3) is 2.78. The fourth-order valence-corrected chi connectivity index (χ4v) is 3.52. The van der Waals surface area contributed by atoms with E-state index in [-0.39, 0.29) is 6.04 Å². The maximum atomic E-state index is 8.78. The predicted molar refractivity (Wildman–Crippen MR) is 72.8 cm³/mol. The summed E-state index contributed by atoms with van der Waals surface area (Å²) in [5.41, 5.74) is 5.72. The zero-order valence-electron chi connectivity index (χ0n) is 11.5. The van der Waals surface area contributed by atoms with E-state index in [4.69, 9.17) is 10.9 Å². The van der Waals surface area contributed by atoms with Crippen LogP contribution in [0.3, 0.4) is 0 Å². The van der Waals surface area contributed by atoms with Gasteiger partial charge in [0.05, 0.1) is 6.04 Å². The molecule has 0 aromatic rings. The van der Waals surface area contributed by atoms with Gasteiger partial charge in [-0.25, -0.2) is 0 Å². The van der Waals surface area contributed by atoms with Crippen LogP contribution in [0.5, 0.6) is 0 Å². The van der Waals surface area contributed by atoms with Crippen LogP contribution < -0.4 is 11.1 Å². The number of hydrogen-bond donors (Lipinski definition) is 3. The van der Waals surface area contributed by atoms with Gasteiger partial charge in [-0.2, -0.15) is 0 Å². The fraction of sp³-hybridized carbons (Fsp3) is 0.923. The van der Waals surface area contributed by atoms with Crippen molar-refractivity contribution in [3.05, 3.63) is 0 Å². The summed E-state index contributed by atoms with van der Waals surface area (Å²) in [7, 11) is 2.26. The van der Waals surface area contributed by atoms with Crippen LogP contribution in [0.15, 0.2) is 5.16 Å². The molecule has 2 aliphatic rings. The number of nitrogens with zero attached hydrogens (tertiary/aromatic N) is 2. The zero-order chi connectivity index (χ0) is 13.1. The summed E-state index contributed by atoms with van der Waals surface area (Å²) >= 11 is 0. The largest absolute Gasteiger partial charge is 0.409 e. The number of piperidine rings is 2. The first kappa shape index (κ1) is 13.6. The summed E-state index contributed by atoms with van der Waals surface area (Å²) in [6.07, 6.45) is 7.21. The summed E-state index contributed by atoms with van der Waals surface area (Å²) in [5, 5.41) is 15.5. The maximum absolute atomic E-state index is 8.78. The molecule has 2 saturated heterocycles. The molecule has 2 rings (SSSR count). The Morgan fingerprint density at radius 1 is 1.44 bits per heavy atom. The highest BCUT2D eigenvalue weighted by molar-refractivity contribution is 5.85. The quantitative estimate of drug-likeness (QED) is 0.304. The topological polar surface area (TPSA) is 73.9 Å². The van der Waals surface area contributed by atoms with Gasteiger partial charge in [0.25, 0.3) is 0 Å². The average molecular weight is 254 g/mol. The van der Waals surface area contributed by atoms with Gasteiger partial charge >= 0.3 is 0 Å². The molecule has 0 amide bonds. The van der Waals surface area contributed by atoms with Gasteiger partial charge in [-0.3, -0.25) is 0 Å². The van der Waals surface area contributed by atoms with E-state index in [9.17, 15) is 0 Å². The number of nitrogens with one attached hydrogen (secondary N) is 1. The molecular formula is C13H26N4O. The minimum atomic E-state index is 0.00383. The number of oxime groups is 1. The summed E-state index contributed by atoms with van der Waals surface area (Å²) < 4.78 is 0. The Morgan fingerprint density at radius 3 is 2.56 bits per heavy atom. The lowest BCUT2D eigenvalue weighted by Gasteiger charge is -2.47. The summed E-state index contributed by atoms with van der Waals surface area (Å²) in [4.78, 5) is 2.55. The molecule has 5 heteroatoms. The van der Waals surface area contributed by atoms with E-state index in [1.807, 2.05) is 0 Å². The number of hydrogen-bond acceptors (Lipinski definition) is 4. The van der Waals surface area contributed by atoms with E-state index in [1.165, 1.54) is 32.1 Å². The van der Waals surface area contributed by atoms with Gasteiger partial charge < -0.3 is 21.2 Å². The van der Waals surface area contributed by atoms with Crippen LogP contribution in [-0.2, 0) is 0 Å². The Balaban J connectivity index is 1.94. The van der Waals surface area contributed by atoms with Crippen molar-refractivity contribution in [1.29, 1.82) is 0 Å². The van der Waals surface area contributed by atoms with Gasteiger partial charge in [-0.15, -0.1) is 0 Å². The van der Waals surface area contributed by atoms with Gasteiger partial charge in [0.1, 0.15) is 0 Å². The van der Waals surface area contributed by atoms with Gasteiger partial charge in [0.15, 0.2) is 5.84 Å². The Labute approximate surface area is 109 Å². The highest BCUT2D eigenvalue weighted by atomic mass is 16.4. The molecule has 5 nitrogen and oxygen atoms in total. The van der Waals surface area contributed by atoms with Crippen LogP contribution in [0.2, 0.25) is 0 Å². The lowest BCUT2D eigenvalue weighted by molar-refractivity contribution is 0.0473. The van der Waals surface area contributed by atoms with Crippen molar-refractivity contribution in [2.24, 2.45) is 10.9 Å². The molecule has 0 aliphatic carbocycles. The molecule has 3 unspecified atom stereocenters. The Bertz CT molecular complexity index is 293. The standard InChI is InChI=1S/C13H26N4O/c1-3-12(13(14)16-18)15-9-7-10-5-4-6-11(8-9)17(10)2/h9-12,15,18H,3-8H2,1-2H3,(H2,14,16). The van der Waals surface area contributed by atoms with E-state index < -0.39 is 0 Å². The first-order chi connectivity index (χ1) is 8.65. The van der Waals surface area contributed by atoms with E-state index in [0.29, 0.717) is 24.0 Å². The molecule has 0 aromatic carbocycles. The predicted octanol–water partition coefficient (Wildman–Crippen LogP) is 1.12.